The van der Waals surface area contributed by atoms with Crippen LogP contribution in [0.4, 0.5) is 0 Å². The van der Waals surface area contributed by atoms with Gasteiger partial charge in [0.1, 0.15) is 24.2 Å². The second-order valence-corrected chi connectivity index (χ2v) is 7.72. The summed E-state index contributed by atoms with van der Waals surface area (Å²) in [6, 6.07) is -0.919. The van der Waals surface area contributed by atoms with Gasteiger partial charge < -0.3 is 29.0 Å². The minimum atomic E-state index is -1.13. The van der Waals surface area contributed by atoms with Crippen molar-refractivity contribution in [2.75, 3.05) is 13.2 Å². The third-order valence-electron chi connectivity index (χ3n) is 3.55. The largest absolute Gasteiger partial charge is 0.479 e. The minimum Gasteiger partial charge on any atom is -0.479 e. The molecule has 1 aliphatic rings. The van der Waals surface area contributed by atoms with Crippen molar-refractivity contribution in [3.8, 4) is 0 Å². The van der Waals surface area contributed by atoms with Crippen LogP contribution in [0, 0.1) is 0 Å². The van der Waals surface area contributed by atoms with Gasteiger partial charge in [-0.05, 0) is 30.9 Å². The Morgan fingerprint density at radius 1 is 0.966 bits per heavy atom. The molecule has 29 heavy (non-hydrogen) atoms. The third kappa shape index (κ3) is 8.54. The molecule has 1 heterocycles. The Balaban J connectivity index is 3.29. The summed E-state index contributed by atoms with van der Waals surface area (Å²) in [5.41, 5.74) is -0.866. The lowest BCUT2D eigenvalue weighted by atomic mass is 9.97. The van der Waals surface area contributed by atoms with Gasteiger partial charge >= 0.3 is 17.9 Å². The number of esters is 3. The molecule has 1 unspecified atom stereocenters. The Morgan fingerprint density at radius 2 is 1.55 bits per heavy atom. The molecule has 0 saturated carbocycles. The summed E-state index contributed by atoms with van der Waals surface area (Å²) in [5, 5.41) is 2.65. The summed E-state index contributed by atoms with van der Waals surface area (Å²) in [4.78, 5) is 46.4. The van der Waals surface area contributed by atoms with Crippen molar-refractivity contribution in [1.82, 2.24) is 5.32 Å². The van der Waals surface area contributed by atoms with Crippen LogP contribution in [-0.2, 0) is 42.9 Å². The van der Waals surface area contributed by atoms with Gasteiger partial charge in [0.2, 0.25) is 10.3 Å². The molecule has 1 amide bonds. The zero-order valence-corrected chi connectivity index (χ0v) is 18.4. The standard InChI is InChI=1S/C17H25NO9S2/c1-6-23-17(28)29-16-13(18-8(2)19)15(26-11(5)22)14(25-10(4)21)12(27-16)7-24-9(3)20/h12-16H,6-7H2,1-5H3,(H,18,19)/t12-,13-,14-,15-,16?/m1/s1. The van der Waals surface area contributed by atoms with E-state index in [1.807, 2.05) is 0 Å². The van der Waals surface area contributed by atoms with Crippen molar-refractivity contribution in [2.45, 2.75) is 64.4 Å². The lowest BCUT2D eigenvalue weighted by Gasteiger charge is -2.44. The van der Waals surface area contributed by atoms with E-state index in [1.165, 1.54) is 27.7 Å². The first-order valence-corrected chi connectivity index (χ1v) is 10.1. The number of hydrogen-bond acceptors (Lipinski definition) is 11. The normalized spacial score (nSPS) is 26.0. The fourth-order valence-corrected chi connectivity index (χ4v) is 3.98. The molecule has 0 bridgehead atoms. The Hall–Kier alpha value is -1.92. The number of rotatable bonds is 7. The number of carbonyl (C=O) groups excluding carboxylic acids is 4. The van der Waals surface area contributed by atoms with Crippen LogP contribution < -0.4 is 5.32 Å². The van der Waals surface area contributed by atoms with E-state index in [0.29, 0.717) is 6.61 Å². The summed E-state index contributed by atoms with van der Waals surface area (Å²) < 4.78 is 27.0. The number of thioether (sulfide) groups is 1. The van der Waals surface area contributed by atoms with E-state index in [2.05, 4.69) is 5.32 Å². The van der Waals surface area contributed by atoms with Gasteiger partial charge in [0, 0.05) is 27.7 Å². The molecule has 0 aromatic heterocycles. The fourth-order valence-electron chi connectivity index (χ4n) is 2.64. The average molecular weight is 452 g/mol. The minimum absolute atomic E-state index is 0.145. The first kappa shape index (κ1) is 25.1. The number of ether oxygens (including phenoxy) is 5. The van der Waals surface area contributed by atoms with E-state index >= 15 is 0 Å². The highest BCUT2D eigenvalue weighted by molar-refractivity contribution is 8.22. The SMILES string of the molecule is CCOC(=S)SC1O[C@H](COC(C)=O)[C@@H](OC(C)=O)[C@H](OC(C)=O)[C@H]1NC(C)=O. The number of hydrogen-bond donors (Lipinski definition) is 1. The highest BCUT2D eigenvalue weighted by Gasteiger charge is 2.51. The number of amides is 1. The fraction of sp³-hybridized carbons (Fsp3) is 0.706. The zero-order valence-electron chi connectivity index (χ0n) is 16.8. The quantitative estimate of drug-likeness (QED) is 0.334. The van der Waals surface area contributed by atoms with E-state index in [0.717, 1.165) is 11.8 Å². The highest BCUT2D eigenvalue weighted by Crippen LogP contribution is 2.33. The molecule has 0 radical (unpaired) electrons. The Morgan fingerprint density at radius 3 is 2.03 bits per heavy atom. The molecular formula is C17H25NO9S2. The molecule has 1 saturated heterocycles. The van der Waals surface area contributed by atoms with Crippen molar-refractivity contribution < 1.29 is 42.9 Å². The van der Waals surface area contributed by atoms with Crippen molar-refractivity contribution in [3.63, 3.8) is 0 Å². The van der Waals surface area contributed by atoms with Crippen molar-refractivity contribution in [2.24, 2.45) is 0 Å². The van der Waals surface area contributed by atoms with Gasteiger partial charge in [-0.15, -0.1) is 0 Å². The topological polar surface area (TPSA) is 126 Å². The molecule has 1 fully saturated rings. The second kappa shape index (κ2) is 11.9. The first-order chi connectivity index (χ1) is 13.5. The van der Waals surface area contributed by atoms with Crippen LogP contribution in [-0.4, -0.2) is 71.2 Å². The molecule has 10 nitrogen and oxygen atoms in total. The maximum Gasteiger partial charge on any atom is 0.303 e. The number of thiocarbonyl (C=S) groups is 1. The Bertz CT molecular complexity index is 642. The molecule has 0 aliphatic carbocycles. The molecule has 0 aromatic rings. The second-order valence-electron chi connectivity index (χ2n) is 6.02. The van der Waals surface area contributed by atoms with Gasteiger partial charge in [0.05, 0.1) is 6.61 Å². The van der Waals surface area contributed by atoms with Crippen molar-refractivity contribution in [3.05, 3.63) is 0 Å². The third-order valence-corrected chi connectivity index (χ3v) is 4.90. The molecule has 0 spiro atoms. The van der Waals surface area contributed by atoms with Gasteiger partial charge in [0.15, 0.2) is 12.2 Å². The Kier molecular flexibility index (Phi) is 10.3. The predicted molar refractivity (Wildman–Crippen MR) is 106 cm³/mol. The molecule has 1 rings (SSSR count). The molecule has 1 N–H and O–H groups in total. The van der Waals surface area contributed by atoms with Crippen LogP contribution in [0.5, 0.6) is 0 Å². The monoisotopic (exact) mass is 451 g/mol. The lowest BCUT2D eigenvalue weighted by Crippen LogP contribution is -2.65. The average Bonchev–Trinajstić information content (AvgIpc) is 2.57. The maximum absolute atomic E-state index is 11.8. The summed E-state index contributed by atoms with van der Waals surface area (Å²) in [6.07, 6.45) is -3.22. The van der Waals surface area contributed by atoms with Crippen LogP contribution in [0.2, 0.25) is 0 Å². The summed E-state index contributed by atoms with van der Waals surface area (Å²) >= 11 is 6.13. The van der Waals surface area contributed by atoms with Crippen LogP contribution in [0.3, 0.4) is 0 Å². The molecule has 5 atom stereocenters. The number of carbonyl (C=O) groups is 4. The lowest BCUT2D eigenvalue weighted by molar-refractivity contribution is -0.211. The van der Waals surface area contributed by atoms with Crippen molar-refractivity contribution >= 4 is 52.2 Å². The van der Waals surface area contributed by atoms with Gasteiger partial charge in [-0.25, -0.2) is 0 Å². The number of nitrogens with one attached hydrogen (secondary N) is 1. The zero-order chi connectivity index (χ0) is 22.1. The molecule has 1 aliphatic heterocycles. The van der Waals surface area contributed by atoms with E-state index in [9.17, 15) is 19.2 Å². The van der Waals surface area contributed by atoms with E-state index in [4.69, 9.17) is 35.9 Å². The smallest absolute Gasteiger partial charge is 0.303 e. The Labute approximate surface area is 178 Å². The van der Waals surface area contributed by atoms with Gasteiger partial charge in [-0.3, -0.25) is 19.2 Å². The molecule has 164 valence electrons. The van der Waals surface area contributed by atoms with E-state index in [1.54, 1.807) is 6.92 Å². The van der Waals surface area contributed by atoms with E-state index < -0.39 is 53.6 Å². The predicted octanol–water partition coefficient (Wildman–Crippen LogP) is 0.697. The molecule has 0 aromatic carbocycles. The summed E-state index contributed by atoms with van der Waals surface area (Å²) in [7, 11) is 0. The van der Waals surface area contributed by atoms with Gasteiger partial charge in [-0.2, -0.15) is 0 Å². The van der Waals surface area contributed by atoms with Crippen molar-refractivity contribution in [1.29, 1.82) is 0 Å². The van der Waals surface area contributed by atoms with E-state index in [-0.39, 0.29) is 11.0 Å². The van der Waals surface area contributed by atoms with Gasteiger partial charge in [0.25, 0.3) is 0 Å². The summed E-state index contributed by atoms with van der Waals surface area (Å²) in [5.74, 6) is -2.33. The maximum atomic E-state index is 11.8. The van der Waals surface area contributed by atoms with Crippen LogP contribution in [0.15, 0.2) is 0 Å². The van der Waals surface area contributed by atoms with Gasteiger partial charge in [-0.1, -0.05) is 0 Å². The summed E-state index contributed by atoms with van der Waals surface area (Å²) in [6.45, 7) is 6.65. The molecule has 12 heteroatoms. The van der Waals surface area contributed by atoms with Crippen LogP contribution in [0.1, 0.15) is 34.6 Å². The highest BCUT2D eigenvalue weighted by atomic mass is 32.2. The van der Waals surface area contributed by atoms with Crippen LogP contribution in [0.25, 0.3) is 0 Å². The first-order valence-electron chi connectivity index (χ1n) is 8.78. The van der Waals surface area contributed by atoms with Crippen LogP contribution >= 0.6 is 24.0 Å². The molecular weight excluding hydrogens is 426 g/mol.